The second-order valence-electron chi connectivity index (χ2n) is 9.41. The quantitative estimate of drug-likeness (QED) is 0.251. The zero-order valence-corrected chi connectivity index (χ0v) is 20.2. The molecule has 0 fully saturated rings. The number of rotatable bonds is 3. The monoisotopic (exact) mass is 488 g/mol. The first-order valence-corrected chi connectivity index (χ1v) is 12.5. The predicted octanol–water partition coefficient (Wildman–Crippen LogP) is 8.20. The van der Waals surface area contributed by atoms with Crippen molar-refractivity contribution in [2.45, 2.75) is 0 Å². The molecule has 5 heteroatoms. The van der Waals surface area contributed by atoms with Crippen molar-refractivity contribution >= 4 is 43.7 Å². The maximum Gasteiger partial charge on any atom is 0.162 e. The maximum absolute atomic E-state index is 6.39. The molecule has 3 aromatic heterocycles. The average Bonchev–Trinajstić information content (AvgIpc) is 3.51. The number of furan rings is 1. The third kappa shape index (κ3) is 3.15. The van der Waals surface area contributed by atoms with Crippen molar-refractivity contribution in [1.82, 2.24) is 19.5 Å². The lowest BCUT2D eigenvalue weighted by Crippen LogP contribution is -1.92. The summed E-state index contributed by atoms with van der Waals surface area (Å²) < 4.78 is 8.71. The zero-order valence-electron chi connectivity index (χ0n) is 20.2. The van der Waals surface area contributed by atoms with Gasteiger partial charge in [-0.05, 0) is 53.6 Å². The van der Waals surface area contributed by atoms with E-state index in [2.05, 4.69) is 111 Å². The second kappa shape index (κ2) is 8.11. The number of hydrogen-bond donors (Lipinski definition) is 0. The lowest BCUT2D eigenvalue weighted by molar-refractivity contribution is 0.669. The second-order valence-corrected chi connectivity index (χ2v) is 9.41. The molecule has 0 aliphatic heterocycles. The van der Waals surface area contributed by atoms with Crippen LogP contribution in [0.3, 0.4) is 0 Å². The van der Waals surface area contributed by atoms with Gasteiger partial charge in [0.1, 0.15) is 23.8 Å². The van der Waals surface area contributed by atoms with Gasteiger partial charge in [0.05, 0.1) is 11.0 Å². The van der Waals surface area contributed by atoms with Gasteiger partial charge in [-0.3, -0.25) is 0 Å². The maximum atomic E-state index is 6.39. The van der Waals surface area contributed by atoms with E-state index in [0.717, 1.165) is 49.8 Å². The summed E-state index contributed by atoms with van der Waals surface area (Å²) in [6.45, 7) is 0. The SMILES string of the molecule is c1ccc(-n2c3ccccc3c3cc4c(cc32)oc2ccc(-c3cccc(-c5ncncn5)c3)cc24)cc1. The molecule has 5 aromatic carbocycles. The Kier molecular flexibility index (Phi) is 4.45. The van der Waals surface area contributed by atoms with E-state index in [4.69, 9.17) is 4.42 Å². The van der Waals surface area contributed by atoms with Crippen LogP contribution in [0.5, 0.6) is 0 Å². The molecule has 5 nitrogen and oxygen atoms in total. The van der Waals surface area contributed by atoms with Crippen LogP contribution in [-0.4, -0.2) is 19.5 Å². The molecule has 0 amide bonds. The first-order valence-electron chi connectivity index (χ1n) is 12.5. The van der Waals surface area contributed by atoms with Gasteiger partial charge in [-0.15, -0.1) is 0 Å². The first-order chi connectivity index (χ1) is 18.8. The van der Waals surface area contributed by atoms with E-state index in [1.165, 1.54) is 28.9 Å². The van der Waals surface area contributed by atoms with Gasteiger partial charge in [0.15, 0.2) is 5.82 Å². The van der Waals surface area contributed by atoms with Crippen LogP contribution in [0.15, 0.2) is 126 Å². The zero-order chi connectivity index (χ0) is 25.1. The molecule has 0 unspecified atom stereocenters. The summed E-state index contributed by atoms with van der Waals surface area (Å²) in [5, 5.41) is 4.64. The third-order valence-corrected chi connectivity index (χ3v) is 7.23. The number of para-hydroxylation sites is 2. The van der Waals surface area contributed by atoms with Crippen molar-refractivity contribution in [2.75, 3.05) is 0 Å². The van der Waals surface area contributed by atoms with Gasteiger partial charge in [0.25, 0.3) is 0 Å². The number of benzene rings is 5. The highest BCUT2D eigenvalue weighted by atomic mass is 16.3. The molecule has 178 valence electrons. The van der Waals surface area contributed by atoms with Crippen molar-refractivity contribution < 1.29 is 4.42 Å². The van der Waals surface area contributed by atoms with Crippen molar-refractivity contribution in [3.8, 4) is 28.2 Å². The Morgan fingerprint density at radius 2 is 1.26 bits per heavy atom. The molecule has 0 saturated heterocycles. The van der Waals surface area contributed by atoms with Crippen LogP contribution in [0.2, 0.25) is 0 Å². The number of hydrogen-bond acceptors (Lipinski definition) is 4. The van der Waals surface area contributed by atoms with E-state index < -0.39 is 0 Å². The molecule has 0 aliphatic carbocycles. The number of aromatic nitrogens is 4. The van der Waals surface area contributed by atoms with Crippen molar-refractivity contribution in [3.63, 3.8) is 0 Å². The normalized spacial score (nSPS) is 11.7. The molecule has 0 N–H and O–H groups in total. The highest BCUT2D eigenvalue weighted by molar-refractivity contribution is 6.17. The van der Waals surface area contributed by atoms with Gasteiger partial charge in [-0.1, -0.05) is 60.7 Å². The Balaban J connectivity index is 1.35. The molecular weight excluding hydrogens is 468 g/mol. The fourth-order valence-electron chi connectivity index (χ4n) is 5.50. The Labute approximate surface area is 217 Å². The fourth-order valence-corrected chi connectivity index (χ4v) is 5.50. The van der Waals surface area contributed by atoms with E-state index in [0.29, 0.717) is 5.82 Å². The van der Waals surface area contributed by atoms with E-state index in [1.54, 1.807) is 0 Å². The summed E-state index contributed by atoms with van der Waals surface area (Å²) in [5.74, 6) is 0.661. The molecule has 38 heavy (non-hydrogen) atoms. The fraction of sp³-hybridized carbons (Fsp3) is 0. The molecule has 0 bridgehead atoms. The lowest BCUT2D eigenvalue weighted by Gasteiger charge is -2.07. The molecule has 0 saturated carbocycles. The molecule has 3 heterocycles. The highest BCUT2D eigenvalue weighted by Crippen LogP contribution is 2.39. The Morgan fingerprint density at radius 3 is 2.16 bits per heavy atom. The summed E-state index contributed by atoms with van der Waals surface area (Å²) in [6, 6.07) is 38.2. The average molecular weight is 489 g/mol. The van der Waals surface area contributed by atoms with Crippen molar-refractivity contribution in [3.05, 3.63) is 122 Å². The molecule has 8 aromatic rings. The smallest absolute Gasteiger partial charge is 0.162 e. The summed E-state index contributed by atoms with van der Waals surface area (Å²) in [5.41, 5.74) is 8.37. The molecular formula is C33H20N4O. The van der Waals surface area contributed by atoms with Gasteiger partial charge in [-0.2, -0.15) is 0 Å². The van der Waals surface area contributed by atoms with Crippen LogP contribution < -0.4 is 0 Å². The summed E-state index contributed by atoms with van der Waals surface area (Å²) >= 11 is 0. The van der Waals surface area contributed by atoms with Crippen LogP contribution in [-0.2, 0) is 0 Å². The molecule has 0 atom stereocenters. The van der Waals surface area contributed by atoms with E-state index in [9.17, 15) is 0 Å². The van der Waals surface area contributed by atoms with Crippen molar-refractivity contribution in [2.24, 2.45) is 0 Å². The molecule has 0 aliphatic rings. The van der Waals surface area contributed by atoms with E-state index in [1.807, 2.05) is 18.2 Å². The topological polar surface area (TPSA) is 56.7 Å². The third-order valence-electron chi connectivity index (χ3n) is 7.23. The molecule has 0 spiro atoms. The predicted molar refractivity (Wildman–Crippen MR) is 152 cm³/mol. The Morgan fingerprint density at radius 1 is 0.500 bits per heavy atom. The van der Waals surface area contributed by atoms with Gasteiger partial charge in [-0.25, -0.2) is 15.0 Å². The van der Waals surface area contributed by atoms with Gasteiger partial charge in [0, 0.05) is 38.9 Å². The minimum atomic E-state index is 0.661. The largest absolute Gasteiger partial charge is 0.456 e. The molecule has 0 radical (unpaired) electrons. The standard InChI is InChI=1S/C33H20N4O/c1-2-9-24(10-3-1)37-29-12-5-4-11-25(29)26-17-28-27-16-22(13-14-31(27)38-32(28)18-30(26)37)21-7-6-8-23(15-21)33-35-19-34-20-36-33/h1-20H. The highest BCUT2D eigenvalue weighted by Gasteiger charge is 2.16. The molecule has 8 rings (SSSR count). The minimum absolute atomic E-state index is 0.661. The van der Waals surface area contributed by atoms with Gasteiger partial charge in [0.2, 0.25) is 0 Å². The van der Waals surface area contributed by atoms with Crippen LogP contribution in [0.1, 0.15) is 0 Å². The summed E-state index contributed by atoms with van der Waals surface area (Å²) in [6.07, 6.45) is 3.04. The minimum Gasteiger partial charge on any atom is -0.456 e. The van der Waals surface area contributed by atoms with Crippen LogP contribution >= 0.6 is 0 Å². The Hall–Kier alpha value is -5.29. The number of fused-ring (bicyclic) bond motifs is 6. The lowest BCUT2D eigenvalue weighted by atomic mass is 10.00. The van der Waals surface area contributed by atoms with Crippen LogP contribution in [0, 0.1) is 0 Å². The van der Waals surface area contributed by atoms with Crippen LogP contribution in [0.4, 0.5) is 0 Å². The van der Waals surface area contributed by atoms with Crippen molar-refractivity contribution in [1.29, 1.82) is 0 Å². The van der Waals surface area contributed by atoms with Gasteiger partial charge >= 0.3 is 0 Å². The number of nitrogens with zero attached hydrogens (tertiary/aromatic N) is 4. The summed E-state index contributed by atoms with van der Waals surface area (Å²) in [7, 11) is 0. The van der Waals surface area contributed by atoms with Crippen LogP contribution in [0.25, 0.3) is 71.9 Å². The van der Waals surface area contributed by atoms with E-state index in [-0.39, 0.29) is 0 Å². The summed E-state index contributed by atoms with van der Waals surface area (Å²) in [4.78, 5) is 12.5. The van der Waals surface area contributed by atoms with Gasteiger partial charge < -0.3 is 8.98 Å². The Bertz CT molecular complexity index is 2130. The van der Waals surface area contributed by atoms with E-state index >= 15 is 0 Å². The first kappa shape index (κ1) is 20.9.